The van der Waals surface area contributed by atoms with Gasteiger partial charge in [-0.15, -0.1) is 0 Å². The van der Waals surface area contributed by atoms with Gasteiger partial charge in [0, 0.05) is 16.6 Å². The molecule has 0 spiro atoms. The van der Waals surface area contributed by atoms with Gasteiger partial charge in [-0.2, -0.15) is 13.2 Å². The molecule has 1 N–H and O–H groups in total. The standard InChI is InChI=1S/C15H19BrF3N/c1-10(11-5-4-6-12(16)9-11)20-14-8-3-2-7-13(14)15(17,18)19/h4-6,9-10,13-14,20H,2-3,7-8H2,1H3/t10-,13?,14?/m1/s1. The Hall–Kier alpha value is -0.550. The van der Waals surface area contributed by atoms with Crippen LogP contribution in [0.15, 0.2) is 28.7 Å². The van der Waals surface area contributed by atoms with Crippen LogP contribution < -0.4 is 5.32 Å². The summed E-state index contributed by atoms with van der Waals surface area (Å²) in [5.41, 5.74) is 1.01. The highest BCUT2D eigenvalue weighted by Gasteiger charge is 2.45. The van der Waals surface area contributed by atoms with Crippen molar-refractivity contribution in [3.05, 3.63) is 34.3 Å². The minimum absolute atomic E-state index is 0.0829. The van der Waals surface area contributed by atoms with Crippen molar-refractivity contribution in [2.75, 3.05) is 0 Å². The molecule has 1 aromatic carbocycles. The van der Waals surface area contributed by atoms with Crippen molar-refractivity contribution in [1.82, 2.24) is 5.32 Å². The topological polar surface area (TPSA) is 12.0 Å². The van der Waals surface area contributed by atoms with E-state index in [-0.39, 0.29) is 12.5 Å². The lowest BCUT2D eigenvalue weighted by molar-refractivity contribution is -0.189. The van der Waals surface area contributed by atoms with E-state index in [1.54, 1.807) is 0 Å². The molecule has 0 aromatic heterocycles. The van der Waals surface area contributed by atoms with Gasteiger partial charge in [0.05, 0.1) is 5.92 Å². The SMILES string of the molecule is C[C@@H](NC1CCCCC1C(F)(F)F)c1cccc(Br)c1. The number of hydrogen-bond donors (Lipinski definition) is 1. The Labute approximate surface area is 126 Å². The van der Waals surface area contributed by atoms with E-state index in [0.717, 1.165) is 16.5 Å². The Morgan fingerprint density at radius 3 is 2.60 bits per heavy atom. The van der Waals surface area contributed by atoms with E-state index in [2.05, 4.69) is 21.2 Å². The molecule has 1 saturated carbocycles. The zero-order chi connectivity index (χ0) is 14.8. The fourth-order valence-corrected chi connectivity index (χ4v) is 3.33. The summed E-state index contributed by atoms with van der Waals surface area (Å²) in [4.78, 5) is 0. The van der Waals surface area contributed by atoms with Crippen LogP contribution in [0, 0.1) is 5.92 Å². The third kappa shape index (κ3) is 3.98. The van der Waals surface area contributed by atoms with Crippen LogP contribution in [-0.2, 0) is 0 Å². The summed E-state index contributed by atoms with van der Waals surface area (Å²) >= 11 is 3.39. The highest BCUT2D eigenvalue weighted by atomic mass is 79.9. The molecule has 0 aliphatic heterocycles. The van der Waals surface area contributed by atoms with Crippen LogP contribution in [-0.4, -0.2) is 12.2 Å². The van der Waals surface area contributed by atoms with Gasteiger partial charge in [-0.1, -0.05) is 40.9 Å². The Bertz CT molecular complexity index is 447. The Kier molecular flexibility index (Phi) is 5.13. The average Bonchev–Trinajstić information content (AvgIpc) is 2.38. The van der Waals surface area contributed by atoms with Gasteiger partial charge in [0.1, 0.15) is 0 Å². The van der Waals surface area contributed by atoms with Gasteiger partial charge in [0.25, 0.3) is 0 Å². The molecule has 3 atom stereocenters. The molecule has 5 heteroatoms. The Morgan fingerprint density at radius 1 is 1.25 bits per heavy atom. The van der Waals surface area contributed by atoms with E-state index in [4.69, 9.17) is 0 Å². The maximum Gasteiger partial charge on any atom is 0.393 e. The maximum atomic E-state index is 13.1. The van der Waals surface area contributed by atoms with E-state index in [0.29, 0.717) is 12.8 Å². The van der Waals surface area contributed by atoms with Gasteiger partial charge in [-0.3, -0.25) is 0 Å². The van der Waals surface area contributed by atoms with Gasteiger partial charge in [0.15, 0.2) is 0 Å². The molecule has 2 rings (SSSR count). The van der Waals surface area contributed by atoms with Crippen molar-refractivity contribution in [3.8, 4) is 0 Å². The van der Waals surface area contributed by atoms with Crippen molar-refractivity contribution < 1.29 is 13.2 Å². The van der Waals surface area contributed by atoms with E-state index >= 15 is 0 Å². The van der Waals surface area contributed by atoms with Gasteiger partial charge >= 0.3 is 6.18 Å². The van der Waals surface area contributed by atoms with Crippen molar-refractivity contribution in [1.29, 1.82) is 0 Å². The zero-order valence-corrected chi connectivity index (χ0v) is 13.0. The highest BCUT2D eigenvalue weighted by molar-refractivity contribution is 9.10. The molecule has 0 heterocycles. The molecule has 20 heavy (non-hydrogen) atoms. The Morgan fingerprint density at radius 2 is 1.95 bits per heavy atom. The van der Waals surface area contributed by atoms with E-state index in [9.17, 15) is 13.2 Å². The number of hydrogen-bond acceptors (Lipinski definition) is 1. The van der Waals surface area contributed by atoms with E-state index < -0.39 is 18.1 Å². The molecular weight excluding hydrogens is 331 g/mol. The molecule has 0 radical (unpaired) electrons. The summed E-state index contributed by atoms with van der Waals surface area (Å²) in [6.45, 7) is 1.92. The zero-order valence-electron chi connectivity index (χ0n) is 11.4. The fraction of sp³-hybridized carbons (Fsp3) is 0.600. The quantitative estimate of drug-likeness (QED) is 0.788. The third-order valence-corrected chi connectivity index (χ3v) is 4.49. The van der Waals surface area contributed by atoms with Crippen LogP contribution in [0.1, 0.15) is 44.2 Å². The lowest BCUT2D eigenvalue weighted by atomic mass is 9.83. The van der Waals surface area contributed by atoms with Gasteiger partial charge < -0.3 is 5.32 Å². The van der Waals surface area contributed by atoms with Crippen LogP contribution >= 0.6 is 15.9 Å². The van der Waals surface area contributed by atoms with Crippen molar-refractivity contribution >= 4 is 15.9 Å². The summed E-state index contributed by atoms with van der Waals surface area (Å²) in [7, 11) is 0. The van der Waals surface area contributed by atoms with Crippen LogP contribution in [0.25, 0.3) is 0 Å². The maximum absolute atomic E-state index is 13.1. The van der Waals surface area contributed by atoms with Crippen molar-refractivity contribution in [2.45, 2.75) is 50.9 Å². The second kappa shape index (κ2) is 6.48. The molecule has 1 fully saturated rings. The fourth-order valence-electron chi connectivity index (χ4n) is 2.92. The van der Waals surface area contributed by atoms with Crippen LogP contribution in [0.2, 0.25) is 0 Å². The molecule has 1 aromatic rings. The lowest BCUT2D eigenvalue weighted by Gasteiger charge is -2.35. The predicted molar refractivity (Wildman–Crippen MR) is 77.5 cm³/mol. The summed E-state index contributed by atoms with van der Waals surface area (Å²) in [6, 6.07) is 7.14. The number of benzene rings is 1. The van der Waals surface area contributed by atoms with Crippen molar-refractivity contribution in [3.63, 3.8) is 0 Å². The summed E-state index contributed by atoms with van der Waals surface area (Å²) < 4.78 is 40.1. The first-order chi connectivity index (χ1) is 9.38. The van der Waals surface area contributed by atoms with Crippen LogP contribution in [0.5, 0.6) is 0 Å². The minimum Gasteiger partial charge on any atom is -0.307 e. The van der Waals surface area contributed by atoms with Crippen LogP contribution in [0.4, 0.5) is 13.2 Å². The molecular formula is C15H19BrF3N. The largest absolute Gasteiger partial charge is 0.393 e. The predicted octanol–water partition coefficient (Wildman–Crippen LogP) is 5.22. The van der Waals surface area contributed by atoms with Crippen LogP contribution in [0.3, 0.4) is 0 Å². The molecule has 0 saturated heterocycles. The van der Waals surface area contributed by atoms with Gasteiger partial charge in [-0.25, -0.2) is 0 Å². The smallest absolute Gasteiger partial charge is 0.307 e. The first-order valence-electron chi connectivity index (χ1n) is 6.96. The first-order valence-corrected chi connectivity index (χ1v) is 7.75. The number of alkyl halides is 3. The second-order valence-corrected chi connectivity index (χ2v) is 6.40. The van der Waals surface area contributed by atoms with Gasteiger partial charge in [0.2, 0.25) is 0 Å². The highest BCUT2D eigenvalue weighted by Crippen LogP contribution is 2.38. The average molecular weight is 350 g/mol. The summed E-state index contributed by atoms with van der Waals surface area (Å²) in [6.07, 6.45) is -1.72. The second-order valence-electron chi connectivity index (χ2n) is 5.48. The molecule has 1 nitrogen and oxygen atoms in total. The molecule has 1 aliphatic carbocycles. The molecule has 0 bridgehead atoms. The first kappa shape index (κ1) is 15.8. The molecule has 112 valence electrons. The Balaban J connectivity index is 2.07. The number of nitrogens with one attached hydrogen (secondary N) is 1. The molecule has 1 aliphatic rings. The normalized spacial score (nSPS) is 25.4. The monoisotopic (exact) mass is 349 g/mol. The van der Waals surface area contributed by atoms with Gasteiger partial charge in [-0.05, 0) is 37.5 Å². The van der Waals surface area contributed by atoms with E-state index in [1.807, 2.05) is 31.2 Å². The van der Waals surface area contributed by atoms with Crippen molar-refractivity contribution in [2.24, 2.45) is 5.92 Å². The third-order valence-electron chi connectivity index (χ3n) is 4.00. The molecule has 2 unspecified atom stereocenters. The lowest BCUT2D eigenvalue weighted by Crippen LogP contribution is -2.46. The minimum atomic E-state index is -4.10. The summed E-state index contributed by atoms with van der Waals surface area (Å²) in [5, 5.41) is 3.18. The summed E-state index contributed by atoms with van der Waals surface area (Å²) in [5.74, 6) is -1.22. The number of rotatable bonds is 3. The molecule has 0 amide bonds. The number of halogens is 4. The van der Waals surface area contributed by atoms with E-state index in [1.165, 1.54) is 0 Å².